The van der Waals surface area contributed by atoms with Crippen LogP contribution in [0, 0.1) is 0 Å². The molecular formula is C18H16Cl2N6O2. The fourth-order valence-electron chi connectivity index (χ4n) is 3.22. The van der Waals surface area contributed by atoms with Crippen LogP contribution in [0.3, 0.4) is 0 Å². The Bertz CT molecular complexity index is 1080. The quantitative estimate of drug-likeness (QED) is 0.637. The van der Waals surface area contributed by atoms with Crippen LogP contribution >= 0.6 is 23.2 Å². The lowest BCUT2D eigenvalue weighted by Gasteiger charge is -2.34. The minimum atomic E-state index is -0.217. The molecule has 144 valence electrons. The van der Waals surface area contributed by atoms with Gasteiger partial charge in [0.1, 0.15) is 12.0 Å². The van der Waals surface area contributed by atoms with Crippen molar-refractivity contribution in [3.8, 4) is 11.1 Å². The molecule has 10 heteroatoms. The van der Waals surface area contributed by atoms with Crippen LogP contribution in [0.4, 0.5) is 0 Å². The summed E-state index contributed by atoms with van der Waals surface area (Å²) in [6.45, 7) is 3.45. The van der Waals surface area contributed by atoms with E-state index in [9.17, 15) is 9.59 Å². The second-order valence-electron chi connectivity index (χ2n) is 6.46. The van der Waals surface area contributed by atoms with Gasteiger partial charge in [0.15, 0.2) is 5.65 Å². The van der Waals surface area contributed by atoms with Crippen LogP contribution in [0.5, 0.6) is 0 Å². The molecule has 28 heavy (non-hydrogen) atoms. The van der Waals surface area contributed by atoms with Crippen LogP contribution in [-0.2, 0) is 4.79 Å². The second-order valence-corrected chi connectivity index (χ2v) is 7.31. The summed E-state index contributed by atoms with van der Waals surface area (Å²) in [6, 6.07) is 6.79. The molecule has 0 spiro atoms. The normalized spacial score (nSPS) is 14.5. The first-order valence-corrected chi connectivity index (χ1v) is 9.41. The summed E-state index contributed by atoms with van der Waals surface area (Å²) >= 11 is 12.4. The van der Waals surface area contributed by atoms with E-state index in [1.54, 1.807) is 34.1 Å². The summed E-state index contributed by atoms with van der Waals surface area (Å²) in [4.78, 5) is 27.9. The van der Waals surface area contributed by atoms with Gasteiger partial charge in [-0.1, -0.05) is 29.3 Å². The van der Waals surface area contributed by atoms with Crippen molar-refractivity contribution >= 4 is 40.7 Å². The van der Waals surface area contributed by atoms with Gasteiger partial charge in [-0.3, -0.25) is 9.59 Å². The molecule has 1 aromatic carbocycles. The molecule has 0 radical (unpaired) electrons. The predicted molar refractivity (Wildman–Crippen MR) is 104 cm³/mol. The van der Waals surface area contributed by atoms with Gasteiger partial charge < -0.3 is 9.80 Å². The number of hydrogen-bond donors (Lipinski definition) is 0. The molecule has 3 heterocycles. The van der Waals surface area contributed by atoms with Crippen LogP contribution in [0.15, 0.2) is 30.6 Å². The number of amides is 2. The SMILES string of the molecule is CC(=O)N1CCN(C(=O)c2cc(-c3ccc(Cl)cc3Cl)c3nncn3n2)CC1. The van der Waals surface area contributed by atoms with E-state index in [-0.39, 0.29) is 17.5 Å². The first-order valence-electron chi connectivity index (χ1n) is 8.65. The number of benzene rings is 1. The summed E-state index contributed by atoms with van der Waals surface area (Å²) in [5.74, 6) is -0.207. The van der Waals surface area contributed by atoms with E-state index in [1.165, 1.54) is 17.8 Å². The van der Waals surface area contributed by atoms with E-state index in [4.69, 9.17) is 23.2 Å². The molecule has 1 aliphatic heterocycles. The monoisotopic (exact) mass is 418 g/mol. The molecule has 0 saturated carbocycles. The zero-order valence-corrected chi connectivity index (χ0v) is 16.5. The third-order valence-corrected chi connectivity index (χ3v) is 5.27. The first-order chi connectivity index (χ1) is 13.4. The zero-order valence-electron chi connectivity index (χ0n) is 15.0. The predicted octanol–water partition coefficient (Wildman–Crippen LogP) is 2.40. The molecule has 1 fully saturated rings. The van der Waals surface area contributed by atoms with Gasteiger partial charge in [-0.15, -0.1) is 10.2 Å². The molecule has 0 unspecified atom stereocenters. The third kappa shape index (κ3) is 3.41. The van der Waals surface area contributed by atoms with Crippen molar-refractivity contribution < 1.29 is 9.59 Å². The highest BCUT2D eigenvalue weighted by atomic mass is 35.5. The fraction of sp³-hybridized carbons (Fsp3) is 0.278. The standard InChI is InChI=1S/C18H16Cl2N6O2/c1-11(27)24-4-6-25(7-5-24)18(28)16-9-14(17-22-21-10-26(17)23-16)13-3-2-12(19)8-15(13)20/h2-3,8-10H,4-7H2,1H3. The van der Waals surface area contributed by atoms with Gasteiger partial charge in [-0.25, -0.2) is 0 Å². The Balaban J connectivity index is 1.71. The number of hydrogen-bond acceptors (Lipinski definition) is 5. The van der Waals surface area contributed by atoms with Crippen molar-refractivity contribution in [3.05, 3.63) is 46.3 Å². The number of carbonyl (C=O) groups excluding carboxylic acids is 2. The third-order valence-electron chi connectivity index (χ3n) is 4.72. The largest absolute Gasteiger partial charge is 0.339 e. The van der Waals surface area contributed by atoms with E-state index < -0.39 is 0 Å². The Labute approximate surface area is 170 Å². The number of nitrogens with zero attached hydrogens (tertiary/aromatic N) is 6. The van der Waals surface area contributed by atoms with Gasteiger partial charge in [0.2, 0.25) is 5.91 Å². The molecule has 1 aliphatic rings. The maximum Gasteiger partial charge on any atom is 0.274 e. The smallest absolute Gasteiger partial charge is 0.274 e. The van der Waals surface area contributed by atoms with Gasteiger partial charge in [-0.05, 0) is 18.2 Å². The van der Waals surface area contributed by atoms with Crippen molar-refractivity contribution in [2.75, 3.05) is 26.2 Å². The Hall–Kier alpha value is -2.71. The topological polar surface area (TPSA) is 83.7 Å². The van der Waals surface area contributed by atoms with E-state index in [1.807, 2.05) is 0 Å². The molecule has 2 aromatic heterocycles. The molecule has 0 N–H and O–H groups in total. The Morgan fingerprint density at radius 2 is 1.71 bits per heavy atom. The number of aromatic nitrogens is 4. The van der Waals surface area contributed by atoms with Crippen LogP contribution in [0.1, 0.15) is 17.4 Å². The second kappa shape index (κ2) is 7.37. The Kier molecular flexibility index (Phi) is 4.91. The maximum absolute atomic E-state index is 13.0. The highest BCUT2D eigenvalue weighted by Crippen LogP contribution is 2.32. The summed E-state index contributed by atoms with van der Waals surface area (Å²) in [5, 5.41) is 13.3. The number of rotatable bonds is 2. The number of piperazine rings is 1. The van der Waals surface area contributed by atoms with Gasteiger partial charge in [-0.2, -0.15) is 9.61 Å². The van der Waals surface area contributed by atoms with Crippen LogP contribution < -0.4 is 0 Å². The molecule has 0 aliphatic carbocycles. The lowest BCUT2D eigenvalue weighted by Crippen LogP contribution is -2.50. The lowest BCUT2D eigenvalue weighted by molar-refractivity contribution is -0.130. The molecule has 8 nitrogen and oxygen atoms in total. The van der Waals surface area contributed by atoms with Crippen molar-refractivity contribution in [3.63, 3.8) is 0 Å². The average Bonchev–Trinajstić information content (AvgIpc) is 3.15. The molecule has 1 saturated heterocycles. The summed E-state index contributed by atoms with van der Waals surface area (Å²) < 4.78 is 1.46. The minimum absolute atomic E-state index is 0.01000. The van der Waals surface area contributed by atoms with Crippen LogP contribution in [-0.4, -0.2) is 67.6 Å². The Morgan fingerprint density at radius 3 is 2.39 bits per heavy atom. The van der Waals surface area contributed by atoms with Crippen molar-refractivity contribution in [1.82, 2.24) is 29.6 Å². The van der Waals surface area contributed by atoms with Gasteiger partial charge in [0.25, 0.3) is 5.91 Å². The number of halogens is 2. The molecular weight excluding hydrogens is 403 g/mol. The first kappa shape index (κ1) is 18.6. The summed E-state index contributed by atoms with van der Waals surface area (Å²) in [6.07, 6.45) is 1.44. The molecule has 0 bridgehead atoms. The van der Waals surface area contributed by atoms with Crippen molar-refractivity contribution in [1.29, 1.82) is 0 Å². The Morgan fingerprint density at radius 1 is 1.00 bits per heavy atom. The molecule has 3 aromatic rings. The molecule has 2 amide bonds. The highest BCUT2D eigenvalue weighted by molar-refractivity contribution is 6.36. The van der Waals surface area contributed by atoms with E-state index in [2.05, 4.69) is 15.3 Å². The van der Waals surface area contributed by atoms with Gasteiger partial charge in [0.05, 0.1) is 5.02 Å². The average molecular weight is 419 g/mol. The maximum atomic E-state index is 13.0. The fourth-order valence-corrected chi connectivity index (χ4v) is 3.73. The van der Waals surface area contributed by atoms with E-state index >= 15 is 0 Å². The van der Waals surface area contributed by atoms with Crippen LogP contribution in [0.25, 0.3) is 16.8 Å². The summed E-state index contributed by atoms with van der Waals surface area (Å²) in [5.41, 5.74) is 2.06. The van der Waals surface area contributed by atoms with E-state index in [0.29, 0.717) is 53.0 Å². The van der Waals surface area contributed by atoms with Crippen LogP contribution in [0.2, 0.25) is 10.0 Å². The summed E-state index contributed by atoms with van der Waals surface area (Å²) in [7, 11) is 0. The number of fused-ring (bicyclic) bond motifs is 1. The number of carbonyl (C=O) groups is 2. The lowest BCUT2D eigenvalue weighted by atomic mass is 10.1. The molecule has 4 rings (SSSR count). The highest BCUT2D eigenvalue weighted by Gasteiger charge is 2.25. The minimum Gasteiger partial charge on any atom is -0.339 e. The zero-order chi connectivity index (χ0) is 19.8. The molecule has 0 atom stereocenters. The van der Waals surface area contributed by atoms with Gasteiger partial charge >= 0.3 is 0 Å². The van der Waals surface area contributed by atoms with Crippen molar-refractivity contribution in [2.24, 2.45) is 0 Å². The van der Waals surface area contributed by atoms with Gasteiger partial charge in [0, 0.05) is 49.3 Å². The van der Waals surface area contributed by atoms with Crippen molar-refractivity contribution in [2.45, 2.75) is 6.92 Å². The van der Waals surface area contributed by atoms with E-state index in [0.717, 1.165) is 0 Å².